The Morgan fingerprint density at radius 3 is 1.96 bits per heavy atom. The molecule has 0 saturated carbocycles. The number of amidine groups is 1. The van der Waals surface area contributed by atoms with Gasteiger partial charge in [-0.25, -0.2) is 0 Å². The summed E-state index contributed by atoms with van der Waals surface area (Å²) >= 11 is 0. The van der Waals surface area contributed by atoms with Crippen LogP contribution in [-0.4, -0.2) is 54.1 Å². The summed E-state index contributed by atoms with van der Waals surface area (Å²) in [5.74, 6) is -5.82. The molecular weight excluding hydrogens is 654 g/mol. The summed E-state index contributed by atoms with van der Waals surface area (Å²) < 4.78 is 68.6. The zero-order valence-corrected chi connectivity index (χ0v) is 24.7. The van der Waals surface area contributed by atoms with Crippen LogP contribution in [0.3, 0.4) is 0 Å². The molecule has 0 saturated heterocycles. The lowest BCUT2D eigenvalue weighted by Gasteiger charge is -2.24. The van der Waals surface area contributed by atoms with Gasteiger partial charge < -0.3 is 35.2 Å². The molecule has 17 heteroatoms. The lowest BCUT2D eigenvalue weighted by atomic mass is 9.95. The number of hydrogen-bond donors (Lipinski definition) is 3. The van der Waals surface area contributed by atoms with Crippen molar-refractivity contribution in [3.05, 3.63) is 95.6 Å². The molecule has 2 heterocycles. The van der Waals surface area contributed by atoms with E-state index in [1.54, 1.807) is 0 Å². The van der Waals surface area contributed by atoms with Crippen LogP contribution in [0, 0.1) is 0 Å². The predicted octanol–water partition coefficient (Wildman–Crippen LogP) is -0.171. The number of para-hydroxylation sites is 2. The molecule has 3 aromatic carbocycles. The van der Waals surface area contributed by atoms with Gasteiger partial charge in [0.2, 0.25) is 5.84 Å². The second kappa shape index (κ2) is 16.5. The van der Waals surface area contributed by atoms with Crippen LogP contribution < -0.4 is 26.2 Å². The Hall–Kier alpha value is -5.29. The molecule has 2 aliphatic heterocycles. The van der Waals surface area contributed by atoms with Gasteiger partial charge in [-0.1, -0.05) is 66.7 Å². The Morgan fingerprint density at radius 1 is 0.833 bits per heavy atom. The van der Waals surface area contributed by atoms with Crippen LogP contribution in [0.25, 0.3) is 0 Å². The quantitative estimate of drug-likeness (QED) is 0.176. The molecule has 0 bridgehead atoms. The van der Waals surface area contributed by atoms with Gasteiger partial charge in [-0.05, 0) is 17.2 Å². The van der Waals surface area contributed by atoms with Gasteiger partial charge in [0, 0.05) is 18.1 Å². The topological polar surface area (TPSA) is 181 Å². The number of fused-ring (bicyclic) bond motifs is 2. The molecule has 1 amide bonds. The smallest absolute Gasteiger partial charge is 0.430 e. The largest absolute Gasteiger partial charge is 0.542 e. The third-order valence-electron chi connectivity index (χ3n) is 6.76. The number of carboxylic acids is 2. The summed E-state index contributed by atoms with van der Waals surface area (Å²) in [6.45, 7) is 0.959. The Morgan fingerprint density at radius 2 is 1.38 bits per heavy atom. The van der Waals surface area contributed by atoms with Crippen molar-refractivity contribution < 1.29 is 71.1 Å². The molecule has 0 fully saturated rings. The molecule has 11 nitrogen and oxygen atoms in total. The van der Waals surface area contributed by atoms with Crippen molar-refractivity contribution in [3.63, 3.8) is 0 Å². The molecule has 2 aliphatic rings. The Balaban J connectivity index is 0.000000376. The van der Waals surface area contributed by atoms with Crippen LogP contribution in [-0.2, 0) is 43.5 Å². The van der Waals surface area contributed by atoms with Crippen molar-refractivity contribution >= 4 is 41.0 Å². The summed E-state index contributed by atoms with van der Waals surface area (Å²) in [6.07, 6.45) is -9.71. The number of quaternary nitrogens is 2. The molecule has 256 valence electrons. The first kappa shape index (κ1) is 37.2. The predicted molar refractivity (Wildman–Crippen MR) is 150 cm³/mol. The SMILES string of the molecule is O=C(C[C@H](NC(=O)[C@@H]1Cc2ccccc2C[NH2+]1)C1=Nc2ccccc2[NH2+]1)OCc1ccccc1.O=C([O-])C(F)(F)F.O=C([O-])C(F)(F)F. The van der Waals surface area contributed by atoms with E-state index in [0.29, 0.717) is 12.3 Å². The van der Waals surface area contributed by atoms with Crippen molar-refractivity contribution in [1.29, 1.82) is 0 Å². The number of rotatable bonds is 7. The van der Waals surface area contributed by atoms with Gasteiger partial charge in [-0.15, -0.1) is 0 Å². The van der Waals surface area contributed by atoms with Crippen LogP contribution in [0.2, 0.25) is 0 Å². The molecule has 0 spiro atoms. The average Bonchev–Trinajstić information content (AvgIpc) is 3.48. The van der Waals surface area contributed by atoms with Crippen LogP contribution in [0.15, 0.2) is 83.9 Å². The number of esters is 1. The maximum atomic E-state index is 13.2. The van der Waals surface area contributed by atoms with Gasteiger partial charge in [-0.3, -0.25) is 14.9 Å². The zero-order valence-electron chi connectivity index (χ0n) is 24.7. The maximum Gasteiger partial charge on any atom is 0.430 e. The zero-order chi connectivity index (χ0) is 35.5. The summed E-state index contributed by atoms with van der Waals surface area (Å²) in [6, 6.07) is 24.7. The first-order valence-corrected chi connectivity index (χ1v) is 14.0. The fourth-order valence-electron chi connectivity index (χ4n) is 4.44. The second-order valence-corrected chi connectivity index (χ2v) is 10.2. The standard InChI is InChI=1S/C27H26N4O3.2C2HF3O2/c32-25(34-17-18-8-2-1-3-9-18)15-23(26-29-21-12-6-7-13-22(21)30-26)31-27(33)24-14-19-10-4-5-11-20(19)16-28-24;2*3-2(4,5)1(6)7/h1-13,23-24,28H,14-17H2,(H,29,30)(H,31,33);2*(H,6,7)/t23-,24-;;/m0../s1. The molecule has 3 aromatic rings. The van der Waals surface area contributed by atoms with Gasteiger partial charge in [0.25, 0.3) is 5.91 Å². The number of nitrogens with zero attached hydrogens (tertiary/aromatic N) is 1. The molecule has 5 rings (SSSR count). The van der Waals surface area contributed by atoms with E-state index in [1.165, 1.54) is 11.1 Å². The third-order valence-corrected chi connectivity index (χ3v) is 6.76. The van der Waals surface area contributed by atoms with Gasteiger partial charge >= 0.3 is 18.3 Å². The monoisotopic (exact) mass is 682 g/mol. The highest BCUT2D eigenvalue weighted by Gasteiger charge is 2.35. The Labute approximate surface area is 268 Å². The van der Waals surface area contributed by atoms with Gasteiger partial charge in [0.1, 0.15) is 36.8 Å². The highest BCUT2D eigenvalue weighted by atomic mass is 19.4. The number of aliphatic imine (C=N–C) groups is 1. The van der Waals surface area contributed by atoms with Crippen LogP contribution in [0.5, 0.6) is 0 Å². The van der Waals surface area contributed by atoms with Gasteiger partial charge in [0.15, 0.2) is 11.7 Å². The van der Waals surface area contributed by atoms with Crippen molar-refractivity contribution in [2.45, 2.75) is 50.4 Å². The molecule has 2 atom stereocenters. The Kier molecular flexibility index (Phi) is 12.8. The molecule has 0 aliphatic carbocycles. The van der Waals surface area contributed by atoms with Crippen LogP contribution >= 0.6 is 0 Å². The van der Waals surface area contributed by atoms with Gasteiger partial charge in [-0.2, -0.15) is 31.3 Å². The highest BCUT2D eigenvalue weighted by Crippen LogP contribution is 2.24. The lowest BCUT2D eigenvalue weighted by molar-refractivity contribution is -0.695. The number of amides is 1. The maximum absolute atomic E-state index is 13.2. The molecular formula is C31H28F6N4O7. The number of ether oxygens (including phenoxy) is 1. The highest BCUT2D eigenvalue weighted by molar-refractivity contribution is 5.95. The minimum Gasteiger partial charge on any atom is -0.542 e. The van der Waals surface area contributed by atoms with Crippen LogP contribution in [0.4, 0.5) is 37.7 Å². The number of nitrogens with one attached hydrogen (secondary N) is 1. The second-order valence-electron chi connectivity index (χ2n) is 10.2. The summed E-state index contributed by atoms with van der Waals surface area (Å²) in [7, 11) is 0. The number of carboxylic acid groups (broad SMARTS) is 2. The van der Waals surface area contributed by atoms with E-state index < -0.39 is 30.3 Å². The minimum atomic E-state index is -5.19. The van der Waals surface area contributed by atoms with E-state index in [-0.39, 0.29) is 30.9 Å². The number of aliphatic carboxylic acids is 2. The fourth-order valence-corrected chi connectivity index (χ4v) is 4.44. The average molecular weight is 683 g/mol. The third kappa shape index (κ3) is 11.5. The summed E-state index contributed by atoms with van der Waals surface area (Å²) in [4.78, 5) is 48.2. The lowest BCUT2D eigenvalue weighted by Crippen LogP contribution is -2.93. The first-order valence-electron chi connectivity index (χ1n) is 14.0. The van der Waals surface area contributed by atoms with Crippen molar-refractivity contribution in [2.75, 3.05) is 0 Å². The van der Waals surface area contributed by atoms with Crippen LogP contribution in [0.1, 0.15) is 23.1 Å². The number of carbonyl (C=O) groups excluding carboxylic acids is 4. The van der Waals surface area contributed by atoms with E-state index in [9.17, 15) is 35.9 Å². The van der Waals surface area contributed by atoms with Crippen molar-refractivity contribution in [2.24, 2.45) is 4.99 Å². The van der Waals surface area contributed by atoms with Gasteiger partial charge in [0.05, 0.1) is 6.42 Å². The number of hydrogen-bond acceptors (Lipinski definition) is 8. The normalized spacial score (nSPS) is 15.5. The number of benzene rings is 3. The van der Waals surface area contributed by atoms with E-state index in [2.05, 4.69) is 27.8 Å². The first-order chi connectivity index (χ1) is 22.5. The van der Waals surface area contributed by atoms with Crippen molar-refractivity contribution in [3.8, 4) is 0 Å². The number of nitrogens with two attached hydrogens (primary N) is 2. The van der Waals surface area contributed by atoms with E-state index >= 15 is 0 Å². The van der Waals surface area contributed by atoms with E-state index in [4.69, 9.17) is 24.5 Å². The summed E-state index contributed by atoms with van der Waals surface area (Å²) in [5, 5.41) is 24.6. The molecule has 5 N–H and O–H groups in total. The molecule has 0 unspecified atom stereocenters. The number of alkyl halides is 6. The summed E-state index contributed by atoms with van der Waals surface area (Å²) in [5.41, 5.74) is 5.20. The Bertz CT molecular complexity index is 1610. The molecule has 48 heavy (non-hydrogen) atoms. The fraction of sp³-hybridized carbons (Fsp3) is 0.258. The van der Waals surface area contributed by atoms with Crippen molar-refractivity contribution in [1.82, 2.24) is 5.32 Å². The number of carbonyl (C=O) groups is 4. The van der Waals surface area contributed by atoms with E-state index in [0.717, 1.165) is 23.5 Å². The van der Waals surface area contributed by atoms with E-state index in [1.807, 2.05) is 72.0 Å². The molecule has 0 aromatic heterocycles. The molecule has 0 radical (unpaired) electrons. The minimum absolute atomic E-state index is 0.0191. The number of halogens is 6.